The first-order chi connectivity index (χ1) is 17.6. The number of hydrogen-bond donors (Lipinski definition) is 6. The molecule has 0 spiro atoms. The van der Waals surface area contributed by atoms with Gasteiger partial charge in [0.15, 0.2) is 11.4 Å². The minimum absolute atomic E-state index is 0.0858. The summed E-state index contributed by atoms with van der Waals surface area (Å²) in [7, 11) is 6.94. The molecule has 0 radical (unpaired) electrons. The Morgan fingerprint density at radius 3 is 2.37 bits per heavy atom. The largest absolute Gasteiger partial charge is 0.507 e. The summed E-state index contributed by atoms with van der Waals surface area (Å²) in [5.41, 5.74) is 4.62. The fourth-order valence-electron chi connectivity index (χ4n) is 6.55. The second kappa shape index (κ2) is 9.64. The summed E-state index contributed by atoms with van der Waals surface area (Å²) in [6.45, 7) is 4.23. The molecule has 2 saturated carbocycles. The summed E-state index contributed by atoms with van der Waals surface area (Å²) in [5.74, 6) is -7.42. The van der Waals surface area contributed by atoms with Crippen LogP contribution in [0.1, 0.15) is 37.0 Å². The van der Waals surface area contributed by atoms with Gasteiger partial charge >= 0.3 is 0 Å². The fourth-order valence-corrected chi connectivity index (χ4v) is 6.55. The van der Waals surface area contributed by atoms with Crippen molar-refractivity contribution < 1.29 is 34.8 Å². The van der Waals surface area contributed by atoms with E-state index >= 15 is 0 Å². The van der Waals surface area contributed by atoms with Crippen LogP contribution in [0.2, 0.25) is 0 Å². The number of hydrogen-bond acceptors (Lipinski definition) is 10. The van der Waals surface area contributed by atoms with Crippen molar-refractivity contribution in [3.63, 3.8) is 0 Å². The zero-order valence-corrected chi connectivity index (χ0v) is 22.6. The Bertz CT molecular complexity index is 1220. The number of carbonyl (C=O) groups is 3. The van der Waals surface area contributed by atoms with Crippen molar-refractivity contribution in [2.24, 2.45) is 23.5 Å². The number of nitrogens with two attached hydrogens (primary N) is 1. The normalized spacial score (nSPS) is 30.8. The molecule has 0 saturated heterocycles. The van der Waals surface area contributed by atoms with Crippen molar-refractivity contribution in [2.45, 2.75) is 57.0 Å². The van der Waals surface area contributed by atoms with E-state index in [9.17, 15) is 34.8 Å². The number of phenolic OH excluding ortho intramolecular Hbond substituents is 1. The lowest BCUT2D eigenvalue weighted by atomic mass is 9.54. The van der Waals surface area contributed by atoms with Crippen LogP contribution >= 0.6 is 0 Å². The summed E-state index contributed by atoms with van der Waals surface area (Å²) < 4.78 is 0. The third-order valence-electron chi connectivity index (χ3n) is 8.33. The predicted octanol–water partition coefficient (Wildman–Crippen LogP) is -0.307. The number of rotatable bonds is 6. The molecule has 7 N–H and O–H groups in total. The summed E-state index contributed by atoms with van der Waals surface area (Å²) >= 11 is 0. The van der Waals surface area contributed by atoms with E-state index in [-0.39, 0.29) is 35.8 Å². The first kappa shape index (κ1) is 28.0. The summed E-state index contributed by atoms with van der Waals surface area (Å²) in [5, 5.41) is 48.7. The van der Waals surface area contributed by atoms with E-state index < -0.39 is 58.7 Å². The van der Waals surface area contributed by atoms with Gasteiger partial charge in [-0.2, -0.15) is 0 Å². The van der Waals surface area contributed by atoms with E-state index in [0.717, 1.165) is 5.69 Å². The van der Waals surface area contributed by atoms with Crippen molar-refractivity contribution in [3.8, 4) is 5.75 Å². The molecule has 3 unspecified atom stereocenters. The quantitative estimate of drug-likeness (QED) is 0.268. The van der Waals surface area contributed by atoms with E-state index in [4.69, 9.17) is 5.73 Å². The molecule has 4 rings (SSSR count). The van der Waals surface area contributed by atoms with Crippen LogP contribution in [0.25, 0.3) is 5.76 Å². The number of fused-ring (bicyclic) bond motifs is 3. The van der Waals surface area contributed by atoms with Crippen LogP contribution < -0.4 is 16.0 Å². The predicted molar refractivity (Wildman–Crippen MR) is 140 cm³/mol. The van der Waals surface area contributed by atoms with Gasteiger partial charge in [-0.05, 0) is 44.5 Å². The average molecular weight is 531 g/mol. The molecule has 3 aliphatic rings. The Morgan fingerprint density at radius 2 is 1.84 bits per heavy atom. The van der Waals surface area contributed by atoms with Crippen molar-refractivity contribution in [2.75, 3.05) is 33.1 Å². The second-order valence-electron chi connectivity index (χ2n) is 11.5. The topological polar surface area (TPSA) is 177 Å². The molecule has 38 heavy (non-hydrogen) atoms. The molecule has 208 valence electrons. The molecular weight excluding hydrogens is 492 g/mol. The molecule has 1 amide bonds. The highest BCUT2D eigenvalue weighted by molar-refractivity contribution is 6.25. The van der Waals surface area contributed by atoms with Crippen LogP contribution in [0.4, 0.5) is 5.69 Å². The molecule has 1 aromatic carbocycles. The molecular formula is C27H38N4O7. The summed E-state index contributed by atoms with van der Waals surface area (Å²) in [6, 6.07) is 1.05. The van der Waals surface area contributed by atoms with Crippen LogP contribution in [0, 0.1) is 17.8 Å². The van der Waals surface area contributed by atoms with Gasteiger partial charge in [0, 0.05) is 55.5 Å². The van der Waals surface area contributed by atoms with Crippen LogP contribution in [-0.4, -0.2) is 94.8 Å². The molecule has 1 aromatic rings. The Kier molecular flexibility index (Phi) is 7.11. The second-order valence-corrected chi connectivity index (χ2v) is 11.5. The number of carbonyl (C=O) groups excluding carboxylic acids is 3. The van der Waals surface area contributed by atoms with Crippen molar-refractivity contribution >= 4 is 28.9 Å². The number of aromatic hydroxyl groups is 1. The number of Topliss-reactive ketones (excluding diaryl/α,β-unsaturated/α-hetero) is 2. The number of amides is 1. The highest BCUT2D eigenvalue weighted by Gasteiger charge is 2.67. The number of nitrogens with one attached hydrogen (secondary N) is 1. The molecule has 6 atom stereocenters. The number of anilines is 1. The lowest BCUT2D eigenvalue weighted by Gasteiger charge is -2.53. The van der Waals surface area contributed by atoms with Gasteiger partial charge in [-0.15, -0.1) is 0 Å². The lowest BCUT2D eigenvalue weighted by Crippen LogP contribution is -2.73. The number of aliphatic hydroxyl groups is 3. The van der Waals surface area contributed by atoms with Gasteiger partial charge in [-0.25, -0.2) is 0 Å². The number of primary amides is 1. The van der Waals surface area contributed by atoms with Gasteiger partial charge in [0.05, 0.1) is 11.7 Å². The van der Waals surface area contributed by atoms with Crippen molar-refractivity contribution in [1.82, 2.24) is 10.2 Å². The van der Waals surface area contributed by atoms with Crippen LogP contribution in [0.3, 0.4) is 0 Å². The van der Waals surface area contributed by atoms with E-state index in [1.807, 2.05) is 38.9 Å². The molecule has 11 heteroatoms. The van der Waals surface area contributed by atoms with Gasteiger partial charge in [0.25, 0.3) is 0 Å². The van der Waals surface area contributed by atoms with Crippen molar-refractivity contribution in [1.29, 1.82) is 0 Å². The smallest absolute Gasteiger partial charge is 0.230 e. The number of aliphatic hydroxyl groups excluding tert-OH is 2. The van der Waals surface area contributed by atoms with Gasteiger partial charge in [0.1, 0.15) is 17.4 Å². The highest BCUT2D eigenvalue weighted by Crippen LogP contribution is 2.53. The number of phenols is 1. The maximum Gasteiger partial charge on any atom is 0.230 e. The summed E-state index contributed by atoms with van der Waals surface area (Å²) in [6.07, 6.45) is -1.17. The maximum absolute atomic E-state index is 14.0. The third kappa shape index (κ3) is 4.00. The van der Waals surface area contributed by atoms with Gasteiger partial charge in [-0.3, -0.25) is 14.4 Å². The highest BCUT2D eigenvalue weighted by atomic mass is 16.3. The monoisotopic (exact) mass is 530 g/mol. The fraction of sp³-hybridized carbons (Fsp3) is 0.593. The van der Waals surface area contributed by atoms with E-state index in [2.05, 4.69) is 5.32 Å². The minimum Gasteiger partial charge on any atom is -0.507 e. The number of likely N-dealkylation sites (N-methyl/N-ethyl adjacent to an activating group) is 1. The van der Waals surface area contributed by atoms with Crippen LogP contribution in [0.15, 0.2) is 11.6 Å². The summed E-state index contributed by atoms with van der Waals surface area (Å²) in [4.78, 5) is 43.0. The zero-order chi connectivity index (χ0) is 28.4. The average Bonchev–Trinajstić information content (AvgIpc) is 2.80. The molecule has 0 heterocycles. The lowest BCUT2D eigenvalue weighted by molar-refractivity contribution is -0.184. The van der Waals surface area contributed by atoms with Crippen molar-refractivity contribution in [3.05, 3.63) is 28.3 Å². The van der Waals surface area contributed by atoms with Gasteiger partial charge in [-0.1, -0.05) is 13.8 Å². The zero-order valence-electron chi connectivity index (χ0n) is 22.6. The Morgan fingerprint density at radius 1 is 1.21 bits per heavy atom. The molecule has 11 nitrogen and oxygen atoms in total. The Balaban J connectivity index is 1.93. The first-order valence-electron chi connectivity index (χ1n) is 12.8. The Labute approximate surface area is 221 Å². The Hall–Kier alpha value is -2.99. The minimum atomic E-state index is -2.66. The van der Waals surface area contributed by atoms with E-state index in [1.54, 1.807) is 19.0 Å². The number of nitrogens with zero attached hydrogens (tertiary/aromatic N) is 2. The van der Waals surface area contributed by atoms with Gasteiger partial charge in [0.2, 0.25) is 11.7 Å². The maximum atomic E-state index is 14.0. The third-order valence-corrected chi connectivity index (χ3v) is 8.33. The van der Waals surface area contributed by atoms with Gasteiger partial charge < -0.3 is 41.3 Å². The SMILES string of the molecule is CC(C)NCc1cc(N(C)C)c2c(c1O)C(O)=C1C(=O)[C@@]3(O)C(=O)C(C(N)=O)C(O)C(N(C)C)[C@H]3C[C@H]1C2. The van der Waals surface area contributed by atoms with Crippen LogP contribution in [-0.2, 0) is 27.3 Å². The first-order valence-corrected chi connectivity index (χ1v) is 12.8. The van der Waals surface area contributed by atoms with E-state index in [0.29, 0.717) is 17.7 Å². The van der Waals surface area contributed by atoms with Crippen LogP contribution in [0.5, 0.6) is 5.75 Å². The van der Waals surface area contributed by atoms with E-state index in [1.165, 1.54) is 0 Å². The molecule has 0 bridgehead atoms. The molecule has 2 fully saturated rings. The standard InChI is InChI=1S/C27H38N4O7/c1-11(2)29-10-13-9-16(30(3)4)14-7-12-8-15-20(31(5)6)23(34)19(26(28)37)25(36)27(15,38)24(35)17(12)22(33)18(14)21(13)32/h9,11-12,15,19-20,23,29,32-34,38H,7-8,10H2,1-6H3,(H2,28,37)/t12-,15-,19?,20?,23?,27-/m1/s1. The molecule has 0 aromatic heterocycles. The molecule has 3 aliphatic carbocycles. The number of benzene rings is 1. The number of ketones is 2. The molecule has 0 aliphatic heterocycles.